The molecule has 3 heteroatoms. The average molecular weight is 176 g/mol. The molecular weight excluding hydrogens is 163 g/mol. The molecule has 0 saturated heterocycles. The highest BCUT2D eigenvalue weighted by atomic mass is 16.5. The molecular formula is C10H13BO2. The van der Waals surface area contributed by atoms with Gasteiger partial charge in [0.15, 0.2) is 7.28 Å². The van der Waals surface area contributed by atoms with Crippen LogP contribution in [-0.2, 0) is 16.0 Å². The zero-order chi connectivity index (χ0) is 9.68. The highest BCUT2D eigenvalue weighted by Gasteiger charge is 2.02. The number of methoxy groups -OCH3 is 1. The molecule has 68 valence electrons. The van der Waals surface area contributed by atoms with Crippen LogP contribution in [0.15, 0.2) is 24.3 Å². The first-order valence-corrected chi connectivity index (χ1v) is 4.41. The van der Waals surface area contributed by atoms with Crippen molar-refractivity contribution in [2.24, 2.45) is 0 Å². The minimum absolute atomic E-state index is 0.187. The summed E-state index contributed by atoms with van der Waals surface area (Å²) in [5.74, 6) is -0.187. The molecule has 0 fully saturated rings. The lowest BCUT2D eigenvalue weighted by molar-refractivity contribution is -0.139. The van der Waals surface area contributed by atoms with Crippen molar-refractivity contribution in [2.75, 3.05) is 7.11 Å². The maximum atomic E-state index is 11.0. The minimum Gasteiger partial charge on any atom is -0.469 e. The van der Waals surface area contributed by atoms with Gasteiger partial charge in [-0.3, -0.25) is 4.79 Å². The van der Waals surface area contributed by atoms with E-state index in [1.807, 2.05) is 18.2 Å². The number of hydrogen-bond acceptors (Lipinski definition) is 2. The van der Waals surface area contributed by atoms with E-state index in [1.165, 1.54) is 12.6 Å². The zero-order valence-corrected chi connectivity index (χ0v) is 8.04. The molecule has 0 heterocycles. The summed E-state index contributed by atoms with van der Waals surface area (Å²) < 4.78 is 4.59. The highest BCUT2D eigenvalue weighted by molar-refractivity contribution is 6.51. The summed E-state index contributed by atoms with van der Waals surface area (Å²) in [5, 5.41) is 0. The Labute approximate surface area is 79.2 Å². The maximum Gasteiger partial charge on any atom is 0.309 e. The second kappa shape index (κ2) is 4.70. The molecule has 0 amide bonds. The van der Waals surface area contributed by atoms with Crippen LogP contribution in [0.5, 0.6) is 0 Å². The summed E-state index contributed by atoms with van der Waals surface area (Å²) in [5.41, 5.74) is 2.27. The fourth-order valence-corrected chi connectivity index (χ4v) is 1.20. The van der Waals surface area contributed by atoms with Crippen molar-refractivity contribution in [2.45, 2.75) is 13.2 Å². The van der Waals surface area contributed by atoms with E-state index >= 15 is 0 Å². The number of hydrogen-bond donors (Lipinski definition) is 0. The number of esters is 1. The summed E-state index contributed by atoms with van der Waals surface area (Å²) in [6, 6.07) is 8.00. The van der Waals surface area contributed by atoms with E-state index in [0.29, 0.717) is 6.42 Å². The SMILES string of the molecule is CBc1cccc(CC(=O)OC)c1. The molecule has 2 nitrogen and oxygen atoms in total. The van der Waals surface area contributed by atoms with E-state index < -0.39 is 0 Å². The van der Waals surface area contributed by atoms with Crippen molar-refractivity contribution in [3.05, 3.63) is 29.8 Å². The Kier molecular flexibility index (Phi) is 3.56. The van der Waals surface area contributed by atoms with Crippen LogP contribution < -0.4 is 5.46 Å². The zero-order valence-electron chi connectivity index (χ0n) is 8.04. The molecule has 0 aliphatic rings. The van der Waals surface area contributed by atoms with Gasteiger partial charge < -0.3 is 4.74 Å². The molecule has 13 heavy (non-hydrogen) atoms. The molecule has 1 aromatic rings. The Hall–Kier alpha value is -1.25. The normalized spacial score (nSPS) is 9.38. The van der Waals surface area contributed by atoms with Crippen LogP contribution in [0.1, 0.15) is 5.56 Å². The van der Waals surface area contributed by atoms with Gasteiger partial charge in [-0.2, -0.15) is 0 Å². The molecule has 0 atom stereocenters. The first-order valence-electron chi connectivity index (χ1n) is 4.41. The number of carbonyl (C=O) groups excluding carboxylic acids is 1. The second-order valence-corrected chi connectivity index (χ2v) is 2.93. The smallest absolute Gasteiger partial charge is 0.309 e. The monoisotopic (exact) mass is 176 g/mol. The lowest BCUT2D eigenvalue weighted by Gasteiger charge is -2.01. The third-order valence-corrected chi connectivity index (χ3v) is 1.98. The lowest BCUT2D eigenvalue weighted by atomic mass is 9.73. The van der Waals surface area contributed by atoms with Crippen LogP contribution in [0.25, 0.3) is 0 Å². The van der Waals surface area contributed by atoms with Crippen molar-refractivity contribution < 1.29 is 9.53 Å². The third kappa shape index (κ3) is 2.94. The predicted octanol–water partition coefficient (Wildman–Crippen LogP) is 0.512. The Morgan fingerprint density at radius 2 is 2.31 bits per heavy atom. The van der Waals surface area contributed by atoms with Gasteiger partial charge in [-0.15, -0.1) is 0 Å². The Bertz CT molecular complexity index is 297. The largest absolute Gasteiger partial charge is 0.469 e. The Morgan fingerprint density at radius 1 is 1.54 bits per heavy atom. The first-order chi connectivity index (χ1) is 6.26. The van der Waals surface area contributed by atoms with Gasteiger partial charge in [0.1, 0.15) is 0 Å². The summed E-state index contributed by atoms with van der Waals surface area (Å²) in [7, 11) is 2.40. The van der Waals surface area contributed by atoms with Gasteiger partial charge in [0.25, 0.3) is 0 Å². The quantitative estimate of drug-likeness (QED) is 0.495. The summed E-state index contributed by atoms with van der Waals surface area (Å²) in [6.07, 6.45) is 0.365. The number of ether oxygens (including phenoxy) is 1. The lowest BCUT2D eigenvalue weighted by Crippen LogP contribution is -2.12. The van der Waals surface area contributed by atoms with Crippen LogP contribution in [0.3, 0.4) is 0 Å². The second-order valence-electron chi connectivity index (χ2n) is 2.93. The molecule has 1 rings (SSSR count). The molecule has 0 unspecified atom stereocenters. The number of carbonyl (C=O) groups is 1. The topological polar surface area (TPSA) is 26.3 Å². The fraction of sp³-hybridized carbons (Fsp3) is 0.300. The van der Waals surface area contributed by atoms with Crippen LogP contribution in [0.2, 0.25) is 6.82 Å². The van der Waals surface area contributed by atoms with Crippen LogP contribution in [-0.4, -0.2) is 20.4 Å². The van der Waals surface area contributed by atoms with Crippen LogP contribution in [0, 0.1) is 0 Å². The minimum atomic E-state index is -0.187. The summed E-state index contributed by atoms with van der Waals surface area (Å²) in [4.78, 5) is 11.0. The van der Waals surface area contributed by atoms with Crippen molar-refractivity contribution in [1.29, 1.82) is 0 Å². The van der Waals surface area contributed by atoms with E-state index in [1.54, 1.807) is 0 Å². The highest BCUT2D eigenvalue weighted by Crippen LogP contribution is 1.98. The van der Waals surface area contributed by atoms with Gasteiger partial charge in [-0.1, -0.05) is 36.6 Å². The van der Waals surface area contributed by atoms with Crippen LogP contribution in [0.4, 0.5) is 0 Å². The van der Waals surface area contributed by atoms with Gasteiger partial charge in [0.05, 0.1) is 13.5 Å². The van der Waals surface area contributed by atoms with Gasteiger partial charge in [-0.25, -0.2) is 0 Å². The van der Waals surface area contributed by atoms with Crippen molar-refractivity contribution in [3.63, 3.8) is 0 Å². The van der Waals surface area contributed by atoms with Crippen molar-refractivity contribution >= 4 is 18.7 Å². The van der Waals surface area contributed by atoms with Crippen molar-refractivity contribution in [3.8, 4) is 0 Å². The molecule has 0 N–H and O–H groups in total. The third-order valence-electron chi connectivity index (χ3n) is 1.98. The summed E-state index contributed by atoms with van der Waals surface area (Å²) >= 11 is 0. The van der Waals surface area contributed by atoms with Gasteiger partial charge >= 0.3 is 5.97 Å². The molecule has 1 aromatic carbocycles. The predicted molar refractivity (Wildman–Crippen MR) is 54.8 cm³/mol. The Balaban J connectivity index is 2.71. The van der Waals surface area contributed by atoms with E-state index in [2.05, 4.69) is 17.6 Å². The van der Waals surface area contributed by atoms with Gasteiger partial charge in [-0.05, 0) is 5.56 Å². The van der Waals surface area contributed by atoms with E-state index in [9.17, 15) is 4.79 Å². The Morgan fingerprint density at radius 3 is 2.92 bits per heavy atom. The molecule has 0 aromatic heterocycles. The molecule has 0 aliphatic carbocycles. The van der Waals surface area contributed by atoms with Gasteiger partial charge in [0, 0.05) is 0 Å². The van der Waals surface area contributed by atoms with Crippen LogP contribution >= 0.6 is 0 Å². The standard InChI is InChI=1S/C10H13BO2/c1-11-9-5-3-4-8(6-9)7-10(12)13-2/h3-6,11H,7H2,1-2H3. The molecule has 0 radical (unpaired) electrons. The summed E-state index contributed by atoms with van der Waals surface area (Å²) in [6.45, 7) is 2.09. The van der Waals surface area contributed by atoms with Crippen molar-refractivity contribution in [1.82, 2.24) is 0 Å². The molecule has 0 bridgehead atoms. The first kappa shape index (κ1) is 9.84. The number of rotatable bonds is 3. The van der Waals surface area contributed by atoms with Gasteiger partial charge in [0.2, 0.25) is 0 Å². The molecule has 0 spiro atoms. The molecule has 0 aliphatic heterocycles. The van der Waals surface area contributed by atoms with E-state index in [0.717, 1.165) is 12.8 Å². The van der Waals surface area contributed by atoms with E-state index in [-0.39, 0.29) is 5.97 Å². The molecule has 0 saturated carbocycles. The number of benzene rings is 1. The average Bonchev–Trinajstić information content (AvgIpc) is 2.18. The van der Waals surface area contributed by atoms with E-state index in [4.69, 9.17) is 0 Å². The fourth-order valence-electron chi connectivity index (χ4n) is 1.20. The maximum absolute atomic E-state index is 11.0.